The zero-order valence-corrected chi connectivity index (χ0v) is 5.13. The van der Waals surface area contributed by atoms with Crippen molar-refractivity contribution in [1.82, 2.24) is 0 Å². The summed E-state index contributed by atoms with van der Waals surface area (Å²) in [6, 6.07) is 0. The highest BCUT2D eigenvalue weighted by atomic mass is 16.5. The molecular weight excluding hydrogens is 120 g/mol. The molecule has 1 rings (SSSR count). The van der Waals surface area contributed by atoms with E-state index >= 15 is 0 Å². The molecule has 0 unspecified atom stereocenters. The summed E-state index contributed by atoms with van der Waals surface area (Å²) in [5.74, 6) is -0.398. The Labute approximate surface area is 52.9 Å². The summed E-state index contributed by atoms with van der Waals surface area (Å²) in [6.45, 7) is 1.53. The largest absolute Gasteiger partial charge is 0.455 e. The summed E-state index contributed by atoms with van der Waals surface area (Å²) in [5, 5.41) is 8.49. The lowest BCUT2D eigenvalue weighted by Gasteiger charge is -1.96. The molecule has 0 bridgehead atoms. The van der Waals surface area contributed by atoms with Crippen molar-refractivity contribution in [2.75, 3.05) is 6.61 Å². The molecule has 0 aromatic heterocycles. The summed E-state index contributed by atoms with van der Waals surface area (Å²) in [4.78, 5) is 10.6. The number of rotatable bonds is 1. The molecule has 0 spiro atoms. The van der Waals surface area contributed by atoms with Crippen LogP contribution in [0.3, 0.4) is 0 Å². The molecule has 0 radical (unpaired) electrons. The van der Waals surface area contributed by atoms with Gasteiger partial charge < -0.3 is 9.84 Å². The predicted octanol–water partition coefficient (Wildman–Crippen LogP) is -0.150. The highest BCUT2D eigenvalue weighted by molar-refractivity contribution is 5.91. The van der Waals surface area contributed by atoms with Gasteiger partial charge >= 0.3 is 5.97 Å². The Morgan fingerprint density at radius 2 is 2.56 bits per heavy atom. The third kappa shape index (κ3) is 1.10. The second-order valence-electron chi connectivity index (χ2n) is 1.96. The third-order valence-electron chi connectivity index (χ3n) is 1.16. The molecule has 1 aliphatic heterocycles. The smallest absolute Gasteiger partial charge is 0.336 e. The monoisotopic (exact) mass is 128 g/mol. The van der Waals surface area contributed by atoms with Crippen LogP contribution in [0.15, 0.2) is 11.6 Å². The molecule has 1 atom stereocenters. The average Bonchev–Trinajstić information content (AvgIpc) is 2.10. The van der Waals surface area contributed by atoms with E-state index in [-0.39, 0.29) is 12.7 Å². The van der Waals surface area contributed by atoms with E-state index in [0.29, 0.717) is 5.57 Å². The van der Waals surface area contributed by atoms with Crippen LogP contribution in [0.4, 0.5) is 0 Å². The highest BCUT2D eigenvalue weighted by Gasteiger charge is 2.20. The fourth-order valence-corrected chi connectivity index (χ4v) is 0.747. The number of hydrogen-bond acceptors (Lipinski definition) is 3. The van der Waals surface area contributed by atoms with Crippen LogP contribution in [-0.2, 0) is 9.53 Å². The van der Waals surface area contributed by atoms with Crippen molar-refractivity contribution in [2.24, 2.45) is 0 Å². The molecule has 0 amide bonds. The maximum Gasteiger partial charge on any atom is 0.336 e. The minimum absolute atomic E-state index is 0.167. The molecule has 0 saturated carbocycles. The summed E-state index contributed by atoms with van der Waals surface area (Å²) < 4.78 is 4.67. The van der Waals surface area contributed by atoms with Gasteiger partial charge in [0.15, 0.2) is 0 Å². The van der Waals surface area contributed by atoms with Crippen LogP contribution in [0.5, 0.6) is 0 Å². The number of esters is 1. The minimum Gasteiger partial charge on any atom is -0.455 e. The van der Waals surface area contributed by atoms with Gasteiger partial charge in [-0.2, -0.15) is 0 Å². The Hall–Kier alpha value is -0.830. The van der Waals surface area contributed by atoms with E-state index in [1.54, 1.807) is 13.0 Å². The van der Waals surface area contributed by atoms with Crippen molar-refractivity contribution in [3.05, 3.63) is 11.6 Å². The predicted molar refractivity (Wildman–Crippen MR) is 30.7 cm³/mol. The van der Waals surface area contributed by atoms with Crippen LogP contribution in [0.2, 0.25) is 0 Å². The first-order valence-corrected chi connectivity index (χ1v) is 2.76. The van der Waals surface area contributed by atoms with Gasteiger partial charge in [0.25, 0.3) is 0 Å². The Morgan fingerprint density at radius 1 is 1.89 bits per heavy atom. The molecule has 3 heteroatoms. The van der Waals surface area contributed by atoms with Gasteiger partial charge in [-0.1, -0.05) is 0 Å². The van der Waals surface area contributed by atoms with Crippen molar-refractivity contribution in [2.45, 2.75) is 13.0 Å². The van der Waals surface area contributed by atoms with Gasteiger partial charge in [-0.3, -0.25) is 0 Å². The molecule has 50 valence electrons. The van der Waals surface area contributed by atoms with E-state index < -0.39 is 5.97 Å². The molecule has 0 saturated heterocycles. The van der Waals surface area contributed by atoms with Gasteiger partial charge in [0.05, 0.1) is 12.2 Å². The second kappa shape index (κ2) is 2.19. The molecule has 1 aliphatic rings. The summed E-state index contributed by atoms with van der Waals surface area (Å²) in [5.41, 5.74) is 0.363. The van der Waals surface area contributed by atoms with Crippen molar-refractivity contribution >= 4 is 5.97 Å². The zero-order valence-electron chi connectivity index (χ0n) is 5.13. The van der Waals surface area contributed by atoms with Crippen LogP contribution in [0, 0.1) is 0 Å². The summed E-state index contributed by atoms with van der Waals surface area (Å²) >= 11 is 0. The summed E-state index contributed by atoms with van der Waals surface area (Å²) in [6.07, 6.45) is 1.45. The molecular formula is C6H8O3. The van der Waals surface area contributed by atoms with E-state index in [1.807, 2.05) is 0 Å². The first-order valence-electron chi connectivity index (χ1n) is 2.76. The molecule has 0 aromatic carbocycles. The lowest BCUT2D eigenvalue weighted by molar-refractivity contribution is -0.139. The molecule has 0 aromatic rings. The zero-order chi connectivity index (χ0) is 6.85. The number of carbonyl (C=O) groups is 1. The quantitative estimate of drug-likeness (QED) is 0.499. The van der Waals surface area contributed by atoms with Crippen LogP contribution in [0.1, 0.15) is 6.92 Å². The van der Waals surface area contributed by atoms with Crippen molar-refractivity contribution < 1.29 is 14.6 Å². The van der Waals surface area contributed by atoms with Gasteiger partial charge in [-0.25, -0.2) is 4.79 Å². The Bertz CT molecular complexity index is 160. The number of ether oxygens (including phenoxy) is 1. The van der Waals surface area contributed by atoms with Crippen molar-refractivity contribution in [1.29, 1.82) is 0 Å². The average molecular weight is 128 g/mol. The molecule has 1 heterocycles. The maximum atomic E-state index is 10.6. The van der Waals surface area contributed by atoms with Gasteiger partial charge in [0, 0.05) is 0 Å². The second-order valence-corrected chi connectivity index (χ2v) is 1.96. The molecule has 9 heavy (non-hydrogen) atoms. The first-order chi connectivity index (χ1) is 4.24. The minimum atomic E-state index is -0.398. The van der Waals surface area contributed by atoms with Crippen LogP contribution in [-0.4, -0.2) is 23.8 Å². The Kier molecular flexibility index (Phi) is 1.53. The van der Waals surface area contributed by atoms with E-state index in [0.717, 1.165) is 0 Å². The highest BCUT2D eigenvalue weighted by Crippen LogP contribution is 2.11. The number of hydrogen-bond donors (Lipinski definition) is 1. The lowest BCUT2D eigenvalue weighted by atomic mass is 10.2. The molecule has 1 N–H and O–H groups in total. The van der Waals surface area contributed by atoms with E-state index in [2.05, 4.69) is 4.74 Å². The number of aliphatic hydroxyl groups is 1. The standard InChI is InChI=1S/C6H8O3/c1-4-2-5(3-7)6(8)9-4/h2,4,7H,3H2,1H3/t4-/m1/s1. The number of carbonyl (C=O) groups excluding carboxylic acids is 1. The van der Waals surface area contributed by atoms with E-state index in [9.17, 15) is 4.79 Å². The van der Waals surface area contributed by atoms with Gasteiger partial charge in [0.2, 0.25) is 0 Å². The lowest BCUT2D eigenvalue weighted by Crippen LogP contribution is -2.05. The fraction of sp³-hybridized carbons (Fsp3) is 0.500. The van der Waals surface area contributed by atoms with Gasteiger partial charge in [0.1, 0.15) is 6.10 Å². The Balaban J connectivity index is 2.68. The normalized spacial score (nSPS) is 25.8. The number of aliphatic hydroxyl groups excluding tert-OH is 1. The SMILES string of the molecule is C[C@@H]1C=C(CO)C(=O)O1. The molecule has 3 nitrogen and oxygen atoms in total. The van der Waals surface area contributed by atoms with E-state index in [4.69, 9.17) is 5.11 Å². The van der Waals surface area contributed by atoms with E-state index in [1.165, 1.54) is 0 Å². The topological polar surface area (TPSA) is 46.5 Å². The number of cyclic esters (lactones) is 1. The summed E-state index contributed by atoms with van der Waals surface area (Å²) in [7, 11) is 0. The third-order valence-corrected chi connectivity index (χ3v) is 1.16. The van der Waals surface area contributed by atoms with Gasteiger partial charge in [-0.15, -0.1) is 0 Å². The van der Waals surface area contributed by atoms with Crippen molar-refractivity contribution in [3.63, 3.8) is 0 Å². The van der Waals surface area contributed by atoms with Crippen molar-refractivity contribution in [3.8, 4) is 0 Å². The molecule has 0 aliphatic carbocycles. The Morgan fingerprint density at radius 3 is 2.78 bits per heavy atom. The fourth-order valence-electron chi connectivity index (χ4n) is 0.747. The molecule has 0 fully saturated rings. The first kappa shape index (κ1) is 6.29. The van der Waals surface area contributed by atoms with Crippen LogP contribution < -0.4 is 0 Å². The van der Waals surface area contributed by atoms with Crippen LogP contribution in [0.25, 0.3) is 0 Å². The van der Waals surface area contributed by atoms with Crippen LogP contribution >= 0.6 is 0 Å². The van der Waals surface area contributed by atoms with Gasteiger partial charge in [-0.05, 0) is 13.0 Å². The maximum absolute atomic E-state index is 10.6.